The van der Waals surface area contributed by atoms with E-state index in [2.05, 4.69) is 5.32 Å². The number of rotatable bonds is 6. The number of hydrogen-bond acceptors (Lipinski definition) is 4. The number of benzene rings is 3. The molecule has 0 aromatic heterocycles. The Labute approximate surface area is 208 Å². The highest BCUT2D eigenvalue weighted by Gasteiger charge is 2.34. The molecule has 1 aliphatic heterocycles. The van der Waals surface area contributed by atoms with Crippen molar-refractivity contribution in [2.24, 2.45) is 0 Å². The highest BCUT2D eigenvalue weighted by atomic mass is 19.1. The zero-order valence-corrected chi connectivity index (χ0v) is 20.4. The van der Waals surface area contributed by atoms with Crippen molar-refractivity contribution in [2.75, 3.05) is 13.2 Å². The number of nitrogens with one attached hydrogen (secondary N) is 1. The van der Waals surface area contributed by atoms with Crippen LogP contribution in [0.15, 0.2) is 66.7 Å². The summed E-state index contributed by atoms with van der Waals surface area (Å²) in [5.74, 6) is -0.785. The predicted octanol–water partition coefficient (Wildman–Crippen LogP) is 5.03. The third-order valence-corrected chi connectivity index (χ3v) is 5.56. The molecule has 0 bridgehead atoms. The molecule has 1 N–H and O–H groups in total. The van der Waals surface area contributed by atoms with Crippen molar-refractivity contribution in [3.8, 4) is 11.5 Å². The van der Waals surface area contributed by atoms with Crippen molar-refractivity contribution >= 4 is 11.8 Å². The highest BCUT2D eigenvalue weighted by molar-refractivity contribution is 5.98. The maximum atomic E-state index is 14.0. The number of carbonyl (C=O) groups excluding carboxylic acids is 2. The third-order valence-electron chi connectivity index (χ3n) is 5.56. The zero-order valence-electron chi connectivity index (χ0n) is 20.4. The molecule has 4 rings (SSSR count). The van der Waals surface area contributed by atoms with Gasteiger partial charge in [0.2, 0.25) is 5.91 Å². The normalized spacial score (nSPS) is 13.6. The fourth-order valence-electron chi connectivity index (χ4n) is 3.96. The number of halogens is 2. The standard InChI is InChI=1S/C28H28F2N2O4/c1-28(2,3)31-26(33)25(19-6-11-22(30)12-7-19)32(17-18-4-9-21(29)10-5-18)27(34)20-8-13-23-24(16-20)36-15-14-35-23/h4-13,16,25H,14-15,17H2,1-3H3,(H,31,33)/t25-/m0/s1. The van der Waals surface area contributed by atoms with Gasteiger partial charge in [-0.25, -0.2) is 8.78 Å². The van der Waals surface area contributed by atoms with Crippen LogP contribution in [0.2, 0.25) is 0 Å². The number of fused-ring (bicyclic) bond motifs is 1. The van der Waals surface area contributed by atoms with E-state index in [9.17, 15) is 18.4 Å². The van der Waals surface area contributed by atoms with Gasteiger partial charge in [0.05, 0.1) is 0 Å². The minimum absolute atomic E-state index is 0.00710. The number of hydrogen-bond donors (Lipinski definition) is 1. The van der Waals surface area contributed by atoms with E-state index in [1.54, 1.807) is 30.3 Å². The van der Waals surface area contributed by atoms with Gasteiger partial charge in [-0.1, -0.05) is 24.3 Å². The average molecular weight is 495 g/mol. The van der Waals surface area contributed by atoms with Gasteiger partial charge in [-0.15, -0.1) is 0 Å². The van der Waals surface area contributed by atoms with E-state index in [4.69, 9.17) is 9.47 Å². The van der Waals surface area contributed by atoms with Gasteiger partial charge < -0.3 is 19.7 Å². The minimum atomic E-state index is -1.09. The lowest BCUT2D eigenvalue weighted by Crippen LogP contribution is -2.49. The van der Waals surface area contributed by atoms with Gasteiger partial charge in [-0.3, -0.25) is 9.59 Å². The molecule has 2 amide bonds. The van der Waals surface area contributed by atoms with Crippen LogP contribution in [0.3, 0.4) is 0 Å². The number of amides is 2. The molecule has 0 unspecified atom stereocenters. The maximum Gasteiger partial charge on any atom is 0.255 e. The summed E-state index contributed by atoms with van der Waals surface area (Å²) in [7, 11) is 0. The molecule has 0 saturated heterocycles. The van der Waals surface area contributed by atoms with Crippen LogP contribution < -0.4 is 14.8 Å². The molecule has 1 heterocycles. The number of ether oxygens (including phenoxy) is 2. The summed E-state index contributed by atoms with van der Waals surface area (Å²) in [6.45, 7) is 6.28. The first-order valence-electron chi connectivity index (χ1n) is 11.6. The maximum absolute atomic E-state index is 14.0. The molecule has 8 heteroatoms. The summed E-state index contributed by atoms with van der Waals surface area (Å²) >= 11 is 0. The second-order valence-electron chi connectivity index (χ2n) is 9.61. The summed E-state index contributed by atoms with van der Waals surface area (Å²) in [6.07, 6.45) is 0. The fraction of sp³-hybridized carbons (Fsp3) is 0.286. The monoisotopic (exact) mass is 494 g/mol. The molecular formula is C28H28F2N2O4. The Kier molecular flexibility index (Phi) is 7.24. The molecule has 0 spiro atoms. The van der Waals surface area contributed by atoms with Crippen molar-refractivity contribution in [3.63, 3.8) is 0 Å². The van der Waals surface area contributed by atoms with Gasteiger partial charge >= 0.3 is 0 Å². The first kappa shape index (κ1) is 25.2. The Balaban J connectivity index is 1.79. The van der Waals surface area contributed by atoms with Gasteiger partial charge in [-0.05, 0) is 74.4 Å². The molecule has 1 atom stereocenters. The first-order valence-corrected chi connectivity index (χ1v) is 11.6. The molecule has 36 heavy (non-hydrogen) atoms. The molecule has 1 aliphatic rings. The van der Waals surface area contributed by atoms with E-state index in [0.29, 0.717) is 35.8 Å². The lowest BCUT2D eigenvalue weighted by Gasteiger charge is -2.34. The van der Waals surface area contributed by atoms with Crippen molar-refractivity contribution in [3.05, 3.63) is 95.1 Å². The molecular weight excluding hydrogens is 466 g/mol. The van der Waals surface area contributed by atoms with Crippen molar-refractivity contribution in [2.45, 2.75) is 38.9 Å². The molecule has 0 saturated carbocycles. The Bertz CT molecular complexity index is 1240. The quantitative estimate of drug-likeness (QED) is 0.522. The van der Waals surface area contributed by atoms with E-state index in [1.807, 2.05) is 20.8 Å². The van der Waals surface area contributed by atoms with E-state index in [-0.39, 0.29) is 12.1 Å². The largest absolute Gasteiger partial charge is 0.486 e. The van der Waals surface area contributed by atoms with Crippen molar-refractivity contribution in [1.29, 1.82) is 0 Å². The second kappa shape index (κ2) is 10.4. The molecule has 3 aromatic rings. The SMILES string of the molecule is CC(C)(C)NC(=O)[C@H](c1ccc(F)cc1)N(Cc1ccc(F)cc1)C(=O)c1ccc2c(c1)OCCO2. The highest BCUT2D eigenvalue weighted by Crippen LogP contribution is 2.33. The summed E-state index contributed by atoms with van der Waals surface area (Å²) in [6, 6.07) is 14.9. The summed E-state index contributed by atoms with van der Waals surface area (Å²) in [5, 5.41) is 2.93. The van der Waals surface area contributed by atoms with Crippen LogP contribution in [0.4, 0.5) is 8.78 Å². The molecule has 3 aromatic carbocycles. The van der Waals surface area contributed by atoms with E-state index in [1.165, 1.54) is 41.3 Å². The van der Waals surface area contributed by atoms with Gasteiger partial charge in [0.1, 0.15) is 30.9 Å². The van der Waals surface area contributed by atoms with E-state index < -0.39 is 35.0 Å². The third kappa shape index (κ3) is 6.00. The average Bonchev–Trinajstić information content (AvgIpc) is 2.84. The molecule has 0 aliphatic carbocycles. The minimum Gasteiger partial charge on any atom is -0.486 e. The summed E-state index contributed by atoms with van der Waals surface area (Å²) < 4.78 is 38.5. The van der Waals surface area contributed by atoms with Crippen LogP contribution >= 0.6 is 0 Å². The van der Waals surface area contributed by atoms with E-state index in [0.717, 1.165) is 0 Å². The predicted molar refractivity (Wildman–Crippen MR) is 131 cm³/mol. The zero-order chi connectivity index (χ0) is 25.9. The fourth-order valence-corrected chi connectivity index (χ4v) is 3.96. The van der Waals surface area contributed by atoms with Crippen molar-refractivity contribution in [1.82, 2.24) is 10.2 Å². The van der Waals surface area contributed by atoms with Gasteiger partial charge in [0.25, 0.3) is 5.91 Å². The molecule has 6 nitrogen and oxygen atoms in total. The smallest absolute Gasteiger partial charge is 0.255 e. The molecule has 0 fully saturated rings. The van der Waals surface area contributed by atoms with Crippen LogP contribution in [-0.2, 0) is 11.3 Å². The summed E-state index contributed by atoms with van der Waals surface area (Å²) in [5.41, 5.74) is 0.762. The van der Waals surface area contributed by atoms with Crippen LogP contribution in [0.25, 0.3) is 0 Å². The topological polar surface area (TPSA) is 67.9 Å². The van der Waals surface area contributed by atoms with Crippen LogP contribution in [0, 0.1) is 11.6 Å². The Hall–Kier alpha value is -3.94. The lowest BCUT2D eigenvalue weighted by molar-refractivity contribution is -0.127. The number of carbonyl (C=O) groups is 2. The molecule has 0 radical (unpaired) electrons. The number of nitrogens with zero attached hydrogens (tertiary/aromatic N) is 1. The molecule has 188 valence electrons. The van der Waals surface area contributed by atoms with Gasteiger partial charge in [-0.2, -0.15) is 0 Å². The van der Waals surface area contributed by atoms with Crippen LogP contribution in [0.1, 0.15) is 48.3 Å². The first-order chi connectivity index (χ1) is 17.1. The van der Waals surface area contributed by atoms with Crippen LogP contribution in [-0.4, -0.2) is 35.5 Å². The van der Waals surface area contributed by atoms with E-state index >= 15 is 0 Å². The Morgan fingerprint density at radius 1 is 0.889 bits per heavy atom. The van der Waals surface area contributed by atoms with Crippen molar-refractivity contribution < 1.29 is 27.8 Å². The van der Waals surface area contributed by atoms with Gasteiger partial charge in [0.15, 0.2) is 11.5 Å². The Morgan fingerprint density at radius 3 is 2.08 bits per heavy atom. The van der Waals surface area contributed by atoms with Gasteiger partial charge in [0, 0.05) is 17.6 Å². The van der Waals surface area contributed by atoms with Crippen LogP contribution in [0.5, 0.6) is 11.5 Å². The second-order valence-corrected chi connectivity index (χ2v) is 9.61. The summed E-state index contributed by atoms with van der Waals surface area (Å²) in [4.78, 5) is 28.9. The Morgan fingerprint density at radius 2 is 1.47 bits per heavy atom. The lowest BCUT2D eigenvalue weighted by atomic mass is 9.99.